The molecule has 0 amide bonds. The maximum Gasteiger partial charge on any atom is 0.227 e. The maximum atomic E-state index is 6.23. The highest BCUT2D eigenvalue weighted by atomic mass is 16.5. The summed E-state index contributed by atoms with van der Waals surface area (Å²) >= 11 is 0. The third kappa shape index (κ3) is 5.05. The normalized spacial score (nSPS) is 14.7. The van der Waals surface area contributed by atoms with Crippen LogP contribution in [0.3, 0.4) is 0 Å². The summed E-state index contributed by atoms with van der Waals surface area (Å²) in [6.07, 6.45) is 0. The Balaban J connectivity index is 1.13. The number of para-hydroxylation sites is 4. The number of rotatable bonds is 7. The van der Waals surface area contributed by atoms with Gasteiger partial charge >= 0.3 is 0 Å². The molecule has 1 atom stereocenters. The second-order valence-corrected chi connectivity index (χ2v) is 13.1. The van der Waals surface area contributed by atoms with Crippen molar-refractivity contribution in [3.63, 3.8) is 0 Å². The van der Waals surface area contributed by atoms with Crippen LogP contribution in [0.5, 0.6) is 5.75 Å². The largest absolute Gasteiger partial charge is 0.487 e. The zero-order valence-electron chi connectivity index (χ0n) is 27.6. The summed E-state index contributed by atoms with van der Waals surface area (Å²) in [5, 5.41) is 0. The summed E-state index contributed by atoms with van der Waals surface area (Å²) in [6, 6.07) is 57.2. The molecule has 0 aliphatic heterocycles. The number of nitrogens with zero attached hydrogens (tertiary/aromatic N) is 1. The monoisotopic (exact) mass is 646 g/mol. The van der Waals surface area contributed by atoms with Crippen LogP contribution in [0.4, 0.5) is 5.69 Å². The molecule has 1 aliphatic carbocycles. The molecule has 0 saturated heterocycles. The number of hydrogen-bond acceptors (Lipinski definition) is 4. The smallest absolute Gasteiger partial charge is 0.227 e. The van der Waals surface area contributed by atoms with E-state index in [-0.39, 0.29) is 5.41 Å². The molecule has 1 unspecified atom stereocenters. The maximum absolute atomic E-state index is 6.23. The van der Waals surface area contributed by atoms with Crippen molar-refractivity contribution in [1.82, 2.24) is 4.98 Å². The predicted molar refractivity (Wildman–Crippen MR) is 203 cm³/mol. The number of nitrogen functional groups attached to an aromatic ring is 1. The van der Waals surface area contributed by atoms with E-state index in [1.807, 2.05) is 48.5 Å². The second kappa shape index (κ2) is 11.9. The van der Waals surface area contributed by atoms with Crippen molar-refractivity contribution in [1.29, 1.82) is 0 Å². The first-order valence-corrected chi connectivity index (χ1v) is 16.9. The Labute approximate surface area is 291 Å². The first-order chi connectivity index (χ1) is 24.5. The summed E-state index contributed by atoms with van der Waals surface area (Å²) in [6.45, 7) is 2.70. The van der Waals surface area contributed by atoms with E-state index < -0.39 is 0 Å². The zero-order chi connectivity index (χ0) is 33.7. The van der Waals surface area contributed by atoms with Gasteiger partial charge in [-0.25, -0.2) is 4.98 Å². The van der Waals surface area contributed by atoms with Crippen LogP contribution < -0.4 is 10.5 Å². The fourth-order valence-corrected chi connectivity index (χ4v) is 7.47. The third-order valence-corrected chi connectivity index (χ3v) is 10.0. The van der Waals surface area contributed by atoms with E-state index in [2.05, 4.69) is 122 Å². The molecule has 1 aliphatic rings. The highest BCUT2D eigenvalue weighted by Crippen LogP contribution is 2.53. The van der Waals surface area contributed by atoms with E-state index in [4.69, 9.17) is 19.9 Å². The van der Waals surface area contributed by atoms with Crippen LogP contribution in [0.25, 0.3) is 55.9 Å². The van der Waals surface area contributed by atoms with Crippen LogP contribution in [0.1, 0.15) is 29.2 Å². The van der Waals surface area contributed by atoms with Crippen LogP contribution in [-0.4, -0.2) is 4.98 Å². The van der Waals surface area contributed by atoms with Gasteiger partial charge in [0, 0.05) is 11.0 Å². The lowest BCUT2D eigenvalue weighted by molar-refractivity contribution is 0.308. The number of benzene rings is 7. The molecule has 1 aromatic heterocycles. The number of hydrogen-bond donors (Lipinski definition) is 1. The minimum Gasteiger partial charge on any atom is -0.487 e. The summed E-state index contributed by atoms with van der Waals surface area (Å²) in [5.74, 6) is 1.23. The van der Waals surface area contributed by atoms with Gasteiger partial charge in [0.2, 0.25) is 5.89 Å². The molecule has 4 nitrogen and oxygen atoms in total. The summed E-state index contributed by atoms with van der Waals surface area (Å²) in [5.41, 5.74) is 21.0. The topological polar surface area (TPSA) is 61.3 Å². The summed E-state index contributed by atoms with van der Waals surface area (Å²) in [7, 11) is 0. The quantitative estimate of drug-likeness (QED) is 0.175. The lowest BCUT2D eigenvalue weighted by atomic mass is 9.74. The van der Waals surface area contributed by atoms with Gasteiger partial charge in [0.25, 0.3) is 0 Å². The Hall–Kier alpha value is -6.39. The summed E-state index contributed by atoms with van der Waals surface area (Å²) in [4.78, 5) is 4.82. The zero-order valence-corrected chi connectivity index (χ0v) is 27.6. The van der Waals surface area contributed by atoms with Gasteiger partial charge < -0.3 is 14.9 Å². The van der Waals surface area contributed by atoms with E-state index in [9.17, 15) is 0 Å². The molecule has 9 rings (SSSR count). The van der Waals surface area contributed by atoms with E-state index in [0.717, 1.165) is 38.9 Å². The molecule has 0 spiro atoms. The fraction of sp³-hybridized carbons (Fsp3) is 0.0652. The van der Waals surface area contributed by atoms with Crippen molar-refractivity contribution in [2.45, 2.75) is 18.9 Å². The molecule has 8 aromatic rings. The molecule has 0 fully saturated rings. The molecule has 0 saturated carbocycles. The van der Waals surface area contributed by atoms with Gasteiger partial charge in [0.05, 0.1) is 5.69 Å². The molecule has 2 N–H and O–H groups in total. The highest BCUT2D eigenvalue weighted by molar-refractivity contribution is 5.86. The molecule has 4 heteroatoms. The van der Waals surface area contributed by atoms with Gasteiger partial charge in [-0.2, -0.15) is 0 Å². The first kappa shape index (κ1) is 29.7. The number of anilines is 1. The van der Waals surface area contributed by atoms with E-state index in [1.54, 1.807) is 0 Å². The van der Waals surface area contributed by atoms with Gasteiger partial charge in [0.15, 0.2) is 5.58 Å². The molecule has 0 bridgehead atoms. The van der Waals surface area contributed by atoms with Crippen LogP contribution >= 0.6 is 0 Å². The SMILES string of the molecule is CC1(c2ccccc2)c2ccccc2-c2ccc(-c3cccc(-c4cc(COc5ccccc5N)cc(-c5nc6ccccc6o5)c4)c3)cc21. The fourth-order valence-electron chi connectivity index (χ4n) is 7.47. The van der Waals surface area contributed by atoms with Gasteiger partial charge in [-0.15, -0.1) is 0 Å². The lowest BCUT2D eigenvalue weighted by Gasteiger charge is -2.28. The van der Waals surface area contributed by atoms with Crippen molar-refractivity contribution in [3.8, 4) is 50.6 Å². The van der Waals surface area contributed by atoms with Gasteiger partial charge in [-0.3, -0.25) is 0 Å². The van der Waals surface area contributed by atoms with E-state index >= 15 is 0 Å². The molecule has 0 radical (unpaired) electrons. The van der Waals surface area contributed by atoms with Gasteiger partial charge in [-0.1, -0.05) is 109 Å². The molecule has 1 heterocycles. The molecule has 50 heavy (non-hydrogen) atoms. The Kier molecular flexibility index (Phi) is 7.10. The van der Waals surface area contributed by atoms with Gasteiger partial charge in [0.1, 0.15) is 17.9 Å². The number of nitrogens with two attached hydrogens (primary N) is 1. The number of aromatic nitrogens is 1. The van der Waals surface area contributed by atoms with Crippen molar-refractivity contribution in [2.24, 2.45) is 0 Å². The summed E-state index contributed by atoms with van der Waals surface area (Å²) < 4.78 is 12.4. The second-order valence-electron chi connectivity index (χ2n) is 13.1. The minimum absolute atomic E-state index is 0.258. The van der Waals surface area contributed by atoms with Crippen LogP contribution in [0, 0.1) is 0 Å². The van der Waals surface area contributed by atoms with Gasteiger partial charge in [-0.05, 0) is 117 Å². The number of fused-ring (bicyclic) bond motifs is 4. The number of oxazole rings is 1. The lowest BCUT2D eigenvalue weighted by Crippen LogP contribution is -2.22. The Morgan fingerprint density at radius 3 is 2.12 bits per heavy atom. The standard InChI is InChI=1S/C46H34N2O2/c1-46(36-14-3-2-4-15-36)39-17-6-5-16-37(39)38-23-22-33(28-40(38)46)31-12-11-13-32(26-31)34-24-30(29-49-43-20-9-7-18-41(43)47)25-35(27-34)45-48-42-19-8-10-21-44(42)50-45/h2-28H,29,47H2,1H3. The predicted octanol–water partition coefficient (Wildman–Crippen LogP) is 11.3. The van der Waals surface area contributed by atoms with Crippen molar-refractivity contribution in [2.75, 3.05) is 5.73 Å². The third-order valence-electron chi connectivity index (χ3n) is 10.0. The molecule has 7 aromatic carbocycles. The molecular weight excluding hydrogens is 613 g/mol. The van der Waals surface area contributed by atoms with Crippen molar-refractivity contribution in [3.05, 3.63) is 186 Å². The van der Waals surface area contributed by atoms with Crippen LogP contribution in [0.15, 0.2) is 168 Å². The van der Waals surface area contributed by atoms with Crippen molar-refractivity contribution >= 4 is 16.8 Å². The van der Waals surface area contributed by atoms with Crippen LogP contribution in [-0.2, 0) is 12.0 Å². The van der Waals surface area contributed by atoms with Crippen molar-refractivity contribution < 1.29 is 9.15 Å². The molecule has 240 valence electrons. The molecular formula is C46H34N2O2. The van der Waals surface area contributed by atoms with Crippen LogP contribution in [0.2, 0.25) is 0 Å². The Bertz CT molecular complexity index is 2500. The average Bonchev–Trinajstić information content (AvgIpc) is 3.72. The van der Waals surface area contributed by atoms with E-state index in [0.29, 0.717) is 23.9 Å². The Morgan fingerprint density at radius 1 is 0.580 bits per heavy atom. The average molecular weight is 647 g/mol. The minimum atomic E-state index is -0.258. The number of ether oxygens (including phenoxy) is 1. The highest BCUT2D eigenvalue weighted by Gasteiger charge is 2.40. The van der Waals surface area contributed by atoms with E-state index in [1.165, 1.54) is 33.4 Å². The Morgan fingerprint density at radius 2 is 1.26 bits per heavy atom. The first-order valence-electron chi connectivity index (χ1n) is 16.9.